The molecule has 0 unspecified atom stereocenters. The van der Waals surface area contributed by atoms with Crippen molar-refractivity contribution >= 4 is 5.91 Å². The van der Waals surface area contributed by atoms with E-state index in [4.69, 9.17) is 5.73 Å². The van der Waals surface area contributed by atoms with Gasteiger partial charge in [0.1, 0.15) is 0 Å². The van der Waals surface area contributed by atoms with E-state index in [0.29, 0.717) is 12.6 Å². The number of likely N-dealkylation sites (tertiary alicyclic amines) is 1. The number of nitrogens with two attached hydrogens (primary N) is 1. The van der Waals surface area contributed by atoms with E-state index in [1.54, 1.807) is 0 Å². The lowest BCUT2D eigenvalue weighted by Gasteiger charge is -2.29. The molecule has 0 atom stereocenters. The maximum Gasteiger partial charge on any atom is 0.234 e. The lowest BCUT2D eigenvalue weighted by molar-refractivity contribution is -0.122. The minimum absolute atomic E-state index is 0.164. The van der Waals surface area contributed by atoms with Crippen molar-refractivity contribution in [3.63, 3.8) is 0 Å². The Morgan fingerprint density at radius 2 is 2.00 bits per heavy atom. The Kier molecular flexibility index (Phi) is 7.21. The van der Waals surface area contributed by atoms with Crippen LogP contribution in [-0.4, -0.2) is 43.0 Å². The molecule has 100 valence electrons. The molecule has 1 aliphatic heterocycles. The molecule has 1 amide bonds. The Balaban J connectivity index is 2.00. The molecule has 0 aromatic rings. The van der Waals surface area contributed by atoms with Gasteiger partial charge in [0.05, 0.1) is 6.54 Å². The third-order valence-electron chi connectivity index (χ3n) is 3.35. The summed E-state index contributed by atoms with van der Waals surface area (Å²) in [6.07, 6.45) is 6.86. The molecule has 0 spiro atoms. The van der Waals surface area contributed by atoms with Gasteiger partial charge in [-0.25, -0.2) is 0 Å². The van der Waals surface area contributed by atoms with Gasteiger partial charge >= 0.3 is 0 Å². The van der Waals surface area contributed by atoms with Gasteiger partial charge in [-0.3, -0.25) is 9.69 Å². The van der Waals surface area contributed by atoms with Gasteiger partial charge in [0.25, 0.3) is 0 Å². The average Bonchev–Trinajstić information content (AvgIpc) is 2.32. The summed E-state index contributed by atoms with van der Waals surface area (Å²) < 4.78 is 0. The van der Waals surface area contributed by atoms with Crippen molar-refractivity contribution in [2.45, 2.75) is 51.5 Å². The summed E-state index contributed by atoms with van der Waals surface area (Å²) in [7, 11) is 0. The van der Waals surface area contributed by atoms with Gasteiger partial charge < -0.3 is 11.1 Å². The summed E-state index contributed by atoms with van der Waals surface area (Å²) in [6, 6.07) is 0.336. The molecule has 4 heteroatoms. The summed E-state index contributed by atoms with van der Waals surface area (Å²) >= 11 is 0. The summed E-state index contributed by atoms with van der Waals surface area (Å²) in [5, 5.41) is 2.99. The first-order chi connectivity index (χ1) is 8.22. The monoisotopic (exact) mass is 241 g/mol. The van der Waals surface area contributed by atoms with Crippen molar-refractivity contribution in [3.8, 4) is 0 Å². The Bertz CT molecular complexity index is 213. The molecule has 0 aromatic heterocycles. The number of nitrogens with one attached hydrogen (secondary N) is 1. The topological polar surface area (TPSA) is 58.4 Å². The first-order valence-corrected chi connectivity index (χ1v) is 6.97. The minimum atomic E-state index is 0.164. The third kappa shape index (κ3) is 6.64. The summed E-state index contributed by atoms with van der Waals surface area (Å²) in [5.41, 5.74) is 5.83. The van der Waals surface area contributed by atoms with Crippen LogP contribution >= 0.6 is 0 Å². The predicted octanol–water partition coefficient (Wildman–Crippen LogP) is 1.11. The second kappa shape index (κ2) is 8.48. The van der Waals surface area contributed by atoms with Gasteiger partial charge in [0, 0.05) is 25.7 Å². The van der Waals surface area contributed by atoms with Crippen LogP contribution < -0.4 is 11.1 Å². The number of unbranched alkanes of at least 4 members (excludes halogenated alkanes) is 3. The maximum atomic E-state index is 11.6. The fourth-order valence-corrected chi connectivity index (χ4v) is 2.15. The molecule has 1 heterocycles. The van der Waals surface area contributed by atoms with Gasteiger partial charge in [0.2, 0.25) is 5.91 Å². The normalized spacial score (nSPS) is 18.2. The largest absolute Gasteiger partial charge is 0.355 e. The number of nitrogens with zero attached hydrogens (tertiary/aromatic N) is 1. The number of carbonyl (C=O) groups excluding carboxylic acids is 1. The molecule has 0 saturated carbocycles. The third-order valence-corrected chi connectivity index (χ3v) is 3.35. The van der Waals surface area contributed by atoms with Gasteiger partial charge in [-0.15, -0.1) is 0 Å². The van der Waals surface area contributed by atoms with E-state index in [1.165, 1.54) is 19.3 Å². The van der Waals surface area contributed by atoms with Crippen LogP contribution in [0.2, 0.25) is 0 Å². The Morgan fingerprint density at radius 1 is 1.29 bits per heavy atom. The van der Waals surface area contributed by atoms with Crippen molar-refractivity contribution in [3.05, 3.63) is 0 Å². The maximum absolute atomic E-state index is 11.6. The highest BCUT2D eigenvalue weighted by molar-refractivity contribution is 5.77. The fraction of sp³-hybridized carbons (Fsp3) is 0.923. The Morgan fingerprint density at radius 3 is 2.65 bits per heavy atom. The molecule has 0 bridgehead atoms. The van der Waals surface area contributed by atoms with Gasteiger partial charge in [-0.05, 0) is 19.3 Å². The van der Waals surface area contributed by atoms with Crippen LogP contribution in [0.15, 0.2) is 0 Å². The highest BCUT2D eigenvalue weighted by Gasteiger charge is 2.17. The van der Waals surface area contributed by atoms with E-state index < -0.39 is 0 Å². The fourth-order valence-electron chi connectivity index (χ4n) is 2.15. The van der Waals surface area contributed by atoms with E-state index in [9.17, 15) is 4.79 Å². The zero-order valence-corrected chi connectivity index (χ0v) is 11.1. The molecule has 4 nitrogen and oxygen atoms in total. The molecule has 0 radical (unpaired) electrons. The van der Waals surface area contributed by atoms with Gasteiger partial charge in [-0.2, -0.15) is 0 Å². The van der Waals surface area contributed by atoms with Crippen LogP contribution in [-0.2, 0) is 4.79 Å². The lowest BCUT2D eigenvalue weighted by Crippen LogP contribution is -2.44. The number of piperidine rings is 1. The van der Waals surface area contributed by atoms with Gasteiger partial charge in [0.15, 0.2) is 0 Å². The van der Waals surface area contributed by atoms with Crippen molar-refractivity contribution < 1.29 is 4.79 Å². The molecule has 1 saturated heterocycles. The quantitative estimate of drug-likeness (QED) is 0.656. The first kappa shape index (κ1) is 14.5. The van der Waals surface area contributed by atoms with Crippen LogP contribution in [0.3, 0.4) is 0 Å². The van der Waals surface area contributed by atoms with Crippen LogP contribution in [0.5, 0.6) is 0 Å². The highest BCUT2D eigenvalue weighted by Crippen LogP contribution is 2.07. The number of rotatable bonds is 7. The Labute approximate surface area is 105 Å². The van der Waals surface area contributed by atoms with E-state index in [2.05, 4.69) is 17.1 Å². The van der Waals surface area contributed by atoms with Crippen LogP contribution in [0.4, 0.5) is 0 Å². The number of amides is 1. The van der Waals surface area contributed by atoms with E-state index in [0.717, 1.165) is 38.9 Å². The summed E-state index contributed by atoms with van der Waals surface area (Å²) in [4.78, 5) is 13.8. The van der Waals surface area contributed by atoms with Crippen molar-refractivity contribution in [2.24, 2.45) is 5.73 Å². The molecule has 17 heavy (non-hydrogen) atoms. The second-order valence-corrected chi connectivity index (χ2v) is 5.02. The first-order valence-electron chi connectivity index (χ1n) is 6.97. The minimum Gasteiger partial charge on any atom is -0.355 e. The molecule has 1 aliphatic rings. The summed E-state index contributed by atoms with van der Waals surface area (Å²) in [6.45, 7) is 5.49. The van der Waals surface area contributed by atoms with E-state index in [-0.39, 0.29) is 5.91 Å². The van der Waals surface area contributed by atoms with E-state index in [1.807, 2.05) is 0 Å². The van der Waals surface area contributed by atoms with Crippen LogP contribution in [0.25, 0.3) is 0 Å². The Hall–Kier alpha value is -0.610. The smallest absolute Gasteiger partial charge is 0.234 e. The molecular formula is C13H27N3O. The van der Waals surface area contributed by atoms with Crippen LogP contribution in [0.1, 0.15) is 45.4 Å². The SMILES string of the molecule is CCCCCCNC(=O)CN1CCC(N)CC1. The van der Waals surface area contributed by atoms with Crippen molar-refractivity contribution in [1.82, 2.24) is 10.2 Å². The van der Waals surface area contributed by atoms with Gasteiger partial charge in [-0.1, -0.05) is 26.2 Å². The lowest BCUT2D eigenvalue weighted by atomic mass is 10.1. The zero-order chi connectivity index (χ0) is 12.5. The average molecular weight is 241 g/mol. The molecule has 0 aliphatic carbocycles. The predicted molar refractivity (Wildman–Crippen MR) is 70.8 cm³/mol. The highest BCUT2D eigenvalue weighted by atomic mass is 16.2. The van der Waals surface area contributed by atoms with Crippen molar-refractivity contribution in [1.29, 1.82) is 0 Å². The second-order valence-electron chi connectivity index (χ2n) is 5.02. The standard InChI is InChI=1S/C13H27N3O/c1-2-3-4-5-8-15-13(17)11-16-9-6-12(14)7-10-16/h12H,2-11,14H2,1H3,(H,15,17). The molecule has 3 N–H and O–H groups in total. The zero-order valence-electron chi connectivity index (χ0n) is 11.1. The van der Waals surface area contributed by atoms with Crippen molar-refractivity contribution in [2.75, 3.05) is 26.2 Å². The number of hydrogen-bond acceptors (Lipinski definition) is 3. The number of hydrogen-bond donors (Lipinski definition) is 2. The van der Waals surface area contributed by atoms with Crippen LogP contribution in [0, 0.1) is 0 Å². The molecule has 1 fully saturated rings. The summed E-state index contributed by atoms with van der Waals surface area (Å²) in [5.74, 6) is 0.164. The molecule has 0 aromatic carbocycles. The number of carbonyl (C=O) groups is 1. The van der Waals surface area contributed by atoms with E-state index >= 15 is 0 Å². The molecule has 1 rings (SSSR count). The molecular weight excluding hydrogens is 214 g/mol.